The van der Waals surface area contributed by atoms with Gasteiger partial charge in [-0.15, -0.1) is 0 Å². The lowest BCUT2D eigenvalue weighted by atomic mass is 9.86. The summed E-state index contributed by atoms with van der Waals surface area (Å²) in [5, 5.41) is 19.4. The van der Waals surface area contributed by atoms with Crippen LogP contribution in [0.1, 0.15) is 30.5 Å². The summed E-state index contributed by atoms with van der Waals surface area (Å²) in [6.07, 6.45) is 2.95. The van der Waals surface area contributed by atoms with Crippen molar-refractivity contribution in [2.24, 2.45) is 0 Å². The second kappa shape index (κ2) is 9.68. The summed E-state index contributed by atoms with van der Waals surface area (Å²) in [6, 6.07) is 16.3. The van der Waals surface area contributed by atoms with Crippen molar-refractivity contribution < 1.29 is 5.11 Å². The molecule has 0 bridgehead atoms. The Morgan fingerprint density at radius 2 is 1.84 bits per heavy atom. The van der Waals surface area contributed by atoms with Crippen LogP contribution in [-0.4, -0.2) is 24.2 Å². The molecule has 4 aromatic rings. The fourth-order valence-corrected chi connectivity index (χ4v) is 4.03. The first kappa shape index (κ1) is 25.3. The summed E-state index contributed by atoms with van der Waals surface area (Å²) < 4.78 is 2.06. The van der Waals surface area contributed by atoms with Gasteiger partial charge in [-0.3, -0.25) is 9.36 Å². The standard InChI is InChI=1S/C28H26N6O3/c1-5-21-25(24-17(2)6-12-22(32-24)18-7-13-23(30)31-14-18)34(27(37)33(16-35)26(21)36)20-10-8-19(9-11-20)28(3,4)15-29/h5-14,35H,1,16H2,2-4H3,(H2,30,31). The third-order valence-electron chi connectivity index (χ3n) is 6.25. The number of hydrogen-bond donors (Lipinski definition) is 2. The first-order valence-corrected chi connectivity index (χ1v) is 11.5. The van der Waals surface area contributed by atoms with Crippen LogP contribution in [0.3, 0.4) is 0 Å². The van der Waals surface area contributed by atoms with Gasteiger partial charge < -0.3 is 10.8 Å². The number of pyridine rings is 2. The molecule has 1 aromatic carbocycles. The Balaban J connectivity index is 2.07. The smallest absolute Gasteiger partial charge is 0.338 e. The minimum absolute atomic E-state index is 0.110. The molecule has 0 spiro atoms. The van der Waals surface area contributed by atoms with E-state index in [1.807, 2.05) is 19.1 Å². The molecule has 9 nitrogen and oxygen atoms in total. The van der Waals surface area contributed by atoms with Gasteiger partial charge in [-0.1, -0.05) is 30.9 Å². The highest BCUT2D eigenvalue weighted by atomic mass is 16.3. The third kappa shape index (κ3) is 4.46. The largest absolute Gasteiger partial charge is 0.384 e. The average Bonchev–Trinajstić information content (AvgIpc) is 2.90. The Morgan fingerprint density at radius 1 is 1.14 bits per heavy atom. The quantitative estimate of drug-likeness (QED) is 0.419. The van der Waals surface area contributed by atoms with Gasteiger partial charge in [-0.2, -0.15) is 5.26 Å². The van der Waals surface area contributed by atoms with E-state index in [0.29, 0.717) is 34.0 Å². The summed E-state index contributed by atoms with van der Waals surface area (Å²) in [7, 11) is 0. The number of nitrogen functional groups attached to an aromatic ring is 1. The number of aromatic nitrogens is 4. The molecule has 3 N–H and O–H groups in total. The van der Waals surface area contributed by atoms with E-state index in [1.165, 1.54) is 10.6 Å². The zero-order chi connectivity index (χ0) is 26.9. The lowest BCUT2D eigenvalue weighted by Gasteiger charge is -2.20. The molecule has 0 unspecified atom stereocenters. The van der Waals surface area contributed by atoms with Crippen LogP contribution < -0.4 is 17.0 Å². The van der Waals surface area contributed by atoms with Gasteiger partial charge in [0.25, 0.3) is 5.56 Å². The van der Waals surface area contributed by atoms with E-state index in [4.69, 9.17) is 10.7 Å². The second-order valence-electron chi connectivity index (χ2n) is 9.08. The monoisotopic (exact) mass is 494 g/mol. The molecule has 0 aliphatic heterocycles. The zero-order valence-corrected chi connectivity index (χ0v) is 20.8. The molecular formula is C28H26N6O3. The molecule has 0 aliphatic rings. The maximum atomic E-state index is 13.6. The first-order valence-electron chi connectivity index (χ1n) is 11.5. The van der Waals surface area contributed by atoms with Gasteiger partial charge in [0.15, 0.2) is 0 Å². The number of aryl methyl sites for hydroxylation is 1. The number of benzene rings is 1. The van der Waals surface area contributed by atoms with E-state index in [2.05, 4.69) is 17.6 Å². The van der Waals surface area contributed by atoms with E-state index in [1.54, 1.807) is 56.4 Å². The zero-order valence-electron chi connectivity index (χ0n) is 20.8. The number of aliphatic hydroxyl groups is 1. The summed E-state index contributed by atoms with van der Waals surface area (Å²) in [5.74, 6) is 0.370. The molecule has 0 amide bonds. The van der Waals surface area contributed by atoms with Crippen molar-refractivity contribution in [1.29, 1.82) is 5.26 Å². The molecule has 0 saturated heterocycles. The van der Waals surface area contributed by atoms with E-state index in [-0.39, 0.29) is 11.3 Å². The molecular weight excluding hydrogens is 468 g/mol. The summed E-state index contributed by atoms with van der Waals surface area (Å²) >= 11 is 0. The van der Waals surface area contributed by atoms with Crippen molar-refractivity contribution in [3.63, 3.8) is 0 Å². The summed E-state index contributed by atoms with van der Waals surface area (Å²) in [6.45, 7) is 8.41. The average molecular weight is 495 g/mol. The lowest BCUT2D eigenvalue weighted by molar-refractivity contribution is 0.199. The predicted molar refractivity (Wildman–Crippen MR) is 143 cm³/mol. The van der Waals surface area contributed by atoms with Crippen molar-refractivity contribution >= 4 is 11.9 Å². The number of rotatable bonds is 6. The van der Waals surface area contributed by atoms with Crippen LogP contribution in [-0.2, 0) is 12.1 Å². The fraction of sp³-hybridized carbons (Fsp3) is 0.179. The Labute approximate surface area is 213 Å². The fourth-order valence-electron chi connectivity index (χ4n) is 4.03. The van der Waals surface area contributed by atoms with Crippen molar-refractivity contribution in [3.05, 3.63) is 98.8 Å². The van der Waals surface area contributed by atoms with Crippen molar-refractivity contribution in [1.82, 2.24) is 19.1 Å². The Hall–Kier alpha value is -4.81. The van der Waals surface area contributed by atoms with Gasteiger partial charge >= 0.3 is 5.69 Å². The molecule has 0 aliphatic carbocycles. The number of anilines is 1. The molecule has 186 valence electrons. The van der Waals surface area contributed by atoms with Crippen LogP contribution in [0.15, 0.2) is 70.9 Å². The molecule has 3 aromatic heterocycles. The van der Waals surface area contributed by atoms with Gasteiger partial charge in [0.2, 0.25) is 0 Å². The second-order valence-corrected chi connectivity index (χ2v) is 9.08. The van der Waals surface area contributed by atoms with Gasteiger partial charge in [-0.25, -0.2) is 19.3 Å². The topological polar surface area (TPSA) is 140 Å². The molecule has 0 fully saturated rings. The van der Waals surface area contributed by atoms with Crippen LogP contribution in [0.4, 0.5) is 5.82 Å². The minimum Gasteiger partial charge on any atom is -0.384 e. The van der Waals surface area contributed by atoms with Gasteiger partial charge in [0.05, 0.1) is 39.8 Å². The Bertz CT molecular complexity index is 1660. The number of aliphatic hydroxyl groups excluding tert-OH is 1. The molecule has 0 saturated carbocycles. The van der Waals surface area contributed by atoms with Crippen LogP contribution in [0.2, 0.25) is 0 Å². The number of hydrogen-bond acceptors (Lipinski definition) is 7. The highest BCUT2D eigenvalue weighted by Gasteiger charge is 2.24. The molecule has 4 rings (SSSR count). The maximum Gasteiger partial charge on any atom is 0.338 e. The highest BCUT2D eigenvalue weighted by molar-refractivity contribution is 5.75. The van der Waals surface area contributed by atoms with E-state index >= 15 is 0 Å². The van der Waals surface area contributed by atoms with E-state index in [0.717, 1.165) is 10.1 Å². The van der Waals surface area contributed by atoms with Gasteiger partial charge in [0.1, 0.15) is 12.5 Å². The van der Waals surface area contributed by atoms with Crippen molar-refractivity contribution in [2.75, 3.05) is 5.73 Å². The molecule has 0 radical (unpaired) electrons. The first-order chi connectivity index (χ1) is 17.6. The predicted octanol–water partition coefficient (Wildman–Crippen LogP) is 3.41. The summed E-state index contributed by atoms with van der Waals surface area (Å²) in [4.78, 5) is 35.7. The highest BCUT2D eigenvalue weighted by Crippen LogP contribution is 2.30. The van der Waals surface area contributed by atoms with Gasteiger partial charge in [-0.05, 0) is 62.2 Å². The van der Waals surface area contributed by atoms with Crippen LogP contribution in [0.25, 0.3) is 34.4 Å². The van der Waals surface area contributed by atoms with Crippen molar-refractivity contribution in [3.8, 4) is 34.4 Å². The molecule has 37 heavy (non-hydrogen) atoms. The van der Waals surface area contributed by atoms with E-state index < -0.39 is 23.4 Å². The van der Waals surface area contributed by atoms with Crippen LogP contribution in [0, 0.1) is 18.3 Å². The van der Waals surface area contributed by atoms with Crippen LogP contribution in [0.5, 0.6) is 0 Å². The SMILES string of the molecule is C=Cc1c(-c2nc(-c3ccc(N)nc3)ccc2C)n(-c2ccc(C(C)(C)C#N)cc2)c(=O)n(CO)c1=O. The van der Waals surface area contributed by atoms with Crippen molar-refractivity contribution in [2.45, 2.75) is 32.9 Å². The number of nitrogens with zero attached hydrogens (tertiary/aromatic N) is 5. The minimum atomic E-state index is -0.804. The van der Waals surface area contributed by atoms with Crippen LogP contribution >= 0.6 is 0 Å². The normalized spacial score (nSPS) is 11.2. The number of nitrogens with two attached hydrogens (primary N) is 1. The molecule has 0 atom stereocenters. The van der Waals surface area contributed by atoms with E-state index in [9.17, 15) is 20.0 Å². The number of nitriles is 1. The molecule has 3 heterocycles. The summed E-state index contributed by atoms with van der Waals surface area (Å²) in [5.41, 5.74) is 7.50. The van der Waals surface area contributed by atoms with Gasteiger partial charge in [0, 0.05) is 11.8 Å². The maximum absolute atomic E-state index is 13.6. The third-order valence-corrected chi connectivity index (χ3v) is 6.25. The molecule has 9 heteroatoms. The Morgan fingerprint density at radius 3 is 2.41 bits per heavy atom. The Kier molecular flexibility index (Phi) is 6.62. The lowest BCUT2D eigenvalue weighted by Crippen LogP contribution is -2.41.